The smallest absolute Gasteiger partial charge is 0.197 e. The topological polar surface area (TPSA) is 37.3 Å². The standard InChI is InChI=1S/C9H14O2/c1-3-4-7-6(2)5-8(10)9(7)11/h6,11H,3-5H2,1-2H3/t6-/m0/s1. The summed E-state index contributed by atoms with van der Waals surface area (Å²) >= 11 is 0. The summed E-state index contributed by atoms with van der Waals surface area (Å²) in [4.78, 5) is 11.0. The van der Waals surface area contributed by atoms with Crippen molar-refractivity contribution in [1.82, 2.24) is 0 Å². The maximum atomic E-state index is 11.0. The molecule has 0 aliphatic heterocycles. The molecule has 1 N–H and O–H groups in total. The van der Waals surface area contributed by atoms with Gasteiger partial charge >= 0.3 is 0 Å². The van der Waals surface area contributed by atoms with E-state index in [-0.39, 0.29) is 17.5 Å². The molecule has 1 atom stereocenters. The van der Waals surface area contributed by atoms with Crippen molar-refractivity contribution in [3.63, 3.8) is 0 Å². The van der Waals surface area contributed by atoms with Crippen LogP contribution in [-0.2, 0) is 4.79 Å². The minimum atomic E-state index is -0.0825. The highest BCUT2D eigenvalue weighted by atomic mass is 16.3. The Labute approximate surface area is 66.9 Å². The lowest BCUT2D eigenvalue weighted by Gasteiger charge is -2.04. The number of hydrogen-bond donors (Lipinski definition) is 1. The van der Waals surface area contributed by atoms with Crippen LogP contribution < -0.4 is 0 Å². The van der Waals surface area contributed by atoms with Crippen molar-refractivity contribution in [2.45, 2.75) is 33.1 Å². The summed E-state index contributed by atoms with van der Waals surface area (Å²) in [7, 11) is 0. The van der Waals surface area contributed by atoms with Crippen molar-refractivity contribution in [3.8, 4) is 0 Å². The predicted octanol–water partition coefficient (Wildman–Crippen LogP) is 2.21. The molecule has 0 fully saturated rings. The van der Waals surface area contributed by atoms with E-state index in [4.69, 9.17) is 0 Å². The van der Waals surface area contributed by atoms with Gasteiger partial charge in [0.2, 0.25) is 0 Å². The quantitative estimate of drug-likeness (QED) is 0.662. The Morgan fingerprint density at radius 1 is 1.64 bits per heavy atom. The molecule has 2 nitrogen and oxygen atoms in total. The van der Waals surface area contributed by atoms with Gasteiger partial charge in [-0.3, -0.25) is 4.79 Å². The minimum absolute atomic E-state index is 0.0411. The van der Waals surface area contributed by atoms with Crippen LogP contribution in [0, 0.1) is 5.92 Å². The molecule has 62 valence electrons. The average Bonchev–Trinajstić information content (AvgIpc) is 2.17. The molecule has 0 aromatic carbocycles. The highest BCUT2D eigenvalue weighted by Crippen LogP contribution is 2.30. The van der Waals surface area contributed by atoms with Gasteiger partial charge < -0.3 is 5.11 Å². The Bertz CT molecular complexity index is 204. The highest BCUT2D eigenvalue weighted by Gasteiger charge is 2.27. The second-order valence-corrected chi connectivity index (χ2v) is 3.15. The molecule has 1 aliphatic carbocycles. The van der Waals surface area contributed by atoms with Gasteiger partial charge in [0.15, 0.2) is 11.5 Å². The Balaban J connectivity index is 2.79. The van der Waals surface area contributed by atoms with Crippen LogP contribution in [0.3, 0.4) is 0 Å². The molecule has 0 saturated carbocycles. The van der Waals surface area contributed by atoms with Crippen LogP contribution in [0.2, 0.25) is 0 Å². The van der Waals surface area contributed by atoms with E-state index >= 15 is 0 Å². The van der Waals surface area contributed by atoms with Crippen LogP contribution in [-0.4, -0.2) is 10.9 Å². The Morgan fingerprint density at radius 2 is 2.27 bits per heavy atom. The van der Waals surface area contributed by atoms with E-state index in [1.807, 2.05) is 6.92 Å². The Kier molecular flexibility index (Phi) is 2.32. The van der Waals surface area contributed by atoms with Gasteiger partial charge in [-0.2, -0.15) is 0 Å². The van der Waals surface area contributed by atoms with Gasteiger partial charge in [-0.15, -0.1) is 0 Å². The van der Waals surface area contributed by atoms with Gasteiger partial charge in [0, 0.05) is 6.42 Å². The van der Waals surface area contributed by atoms with Crippen LogP contribution >= 0.6 is 0 Å². The van der Waals surface area contributed by atoms with Crippen LogP contribution in [0.4, 0.5) is 0 Å². The summed E-state index contributed by atoms with van der Waals surface area (Å²) in [6.45, 7) is 4.04. The number of aliphatic hydroxyl groups is 1. The average molecular weight is 154 g/mol. The maximum Gasteiger partial charge on any atom is 0.197 e. The number of rotatable bonds is 2. The van der Waals surface area contributed by atoms with E-state index < -0.39 is 0 Å². The predicted molar refractivity (Wildman–Crippen MR) is 43.4 cm³/mol. The van der Waals surface area contributed by atoms with Gasteiger partial charge in [-0.1, -0.05) is 20.3 Å². The van der Waals surface area contributed by atoms with E-state index in [0.717, 1.165) is 18.4 Å². The van der Waals surface area contributed by atoms with Gasteiger partial charge in [0.25, 0.3) is 0 Å². The molecule has 0 radical (unpaired) electrons. The largest absolute Gasteiger partial charge is 0.504 e. The first-order valence-corrected chi connectivity index (χ1v) is 4.12. The fourth-order valence-electron chi connectivity index (χ4n) is 1.54. The molecular weight excluding hydrogens is 140 g/mol. The number of hydrogen-bond acceptors (Lipinski definition) is 2. The summed E-state index contributed by atoms with van der Waals surface area (Å²) in [5, 5.41) is 9.29. The summed E-state index contributed by atoms with van der Waals surface area (Å²) in [6, 6.07) is 0. The zero-order valence-electron chi connectivity index (χ0n) is 7.05. The molecule has 0 unspecified atom stereocenters. The highest BCUT2D eigenvalue weighted by molar-refractivity contribution is 5.96. The number of Topliss-reactive ketones (excluding diaryl/α,β-unsaturated/α-hetero) is 1. The first-order valence-electron chi connectivity index (χ1n) is 4.12. The molecule has 1 rings (SSSR count). The number of aliphatic hydroxyl groups excluding tert-OH is 1. The van der Waals surface area contributed by atoms with Crippen LogP contribution in [0.15, 0.2) is 11.3 Å². The SMILES string of the molecule is CCCC1=C(O)C(=O)C[C@@H]1C. The fraction of sp³-hybridized carbons (Fsp3) is 0.667. The molecule has 0 spiro atoms. The van der Waals surface area contributed by atoms with Crippen molar-refractivity contribution in [2.24, 2.45) is 5.92 Å². The zero-order valence-corrected chi connectivity index (χ0v) is 7.05. The molecule has 2 heteroatoms. The number of allylic oxidation sites excluding steroid dienone is 2. The normalized spacial score (nSPS) is 24.9. The molecule has 1 aliphatic rings. The number of ketones is 1. The van der Waals surface area contributed by atoms with Crippen molar-refractivity contribution < 1.29 is 9.90 Å². The molecule has 0 aromatic rings. The maximum absolute atomic E-state index is 11.0. The fourth-order valence-corrected chi connectivity index (χ4v) is 1.54. The second kappa shape index (κ2) is 3.07. The van der Waals surface area contributed by atoms with Crippen molar-refractivity contribution in [1.29, 1.82) is 0 Å². The van der Waals surface area contributed by atoms with Crippen molar-refractivity contribution >= 4 is 5.78 Å². The third kappa shape index (κ3) is 1.44. The molecule has 0 bridgehead atoms. The molecule has 11 heavy (non-hydrogen) atoms. The molecule has 0 saturated heterocycles. The number of carbonyl (C=O) groups excluding carboxylic acids is 1. The first kappa shape index (κ1) is 8.31. The second-order valence-electron chi connectivity index (χ2n) is 3.15. The lowest BCUT2D eigenvalue weighted by Crippen LogP contribution is -1.94. The van der Waals surface area contributed by atoms with Gasteiger partial charge in [0.05, 0.1) is 0 Å². The lowest BCUT2D eigenvalue weighted by molar-refractivity contribution is -0.117. The summed E-state index contributed by atoms with van der Waals surface area (Å²) < 4.78 is 0. The zero-order chi connectivity index (χ0) is 8.43. The van der Waals surface area contributed by atoms with Gasteiger partial charge in [0.1, 0.15) is 0 Å². The third-order valence-corrected chi connectivity index (χ3v) is 2.17. The molecule has 0 amide bonds. The first-order chi connectivity index (χ1) is 5.16. The van der Waals surface area contributed by atoms with Crippen molar-refractivity contribution in [2.75, 3.05) is 0 Å². The lowest BCUT2D eigenvalue weighted by atomic mass is 10.0. The molecule has 0 aromatic heterocycles. The summed E-state index contributed by atoms with van der Waals surface area (Å²) in [5.41, 5.74) is 0.956. The van der Waals surface area contributed by atoms with Crippen LogP contribution in [0.5, 0.6) is 0 Å². The summed E-state index contributed by atoms with van der Waals surface area (Å²) in [5.74, 6) is 0.225. The van der Waals surface area contributed by atoms with Crippen LogP contribution in [0.25, 0.3) is 0 Å². The van der Waals surface area contributed by atoms with Gasteiger partial charge in [-0.25, -0.2) is 0 Å². The van der Waals surface area contributed by atoms with Gasteiger partial charge in [-0.05, 0) is 17.9 Å². The monoisotopic (exact) mass is 154 g/mol. The number of carbonyl (C=O) groups is 1. The molecular formula is C9H14O2. The van der Waals surface area contributed by atoms with Crippen LogP contribution in [0.1, 0.15) is 33.1 Å². The third-order valence-electron chi connectivity index (χ3n) is 2.17. The van der Waals surface area contributed by atoms with E-state index in [0.29, 0.717) is 6.42 Å². The van der Waals surface area contributed by atoms with Crippen molar-refractivity contribution in [3.05, 3.63) is 11.3 Å². The van der Waals surface area contributed by atoms with E-state index in [1.54, 1.807) is 0 Å². The summed E-state index contributed by atoms with van der Waals surface area (Å²) in [6.07, 6.45) is 2.36. The molecule has 0 heterocycles. The van der Waals surface area contributed by atoms with E-state index in [1.165, 1.54) is 0 Å². The van der Waals surface area contributed by atoms with E-state index in [2.05, 4.69) is 6.92 Å². The Hall–Kier alpha value is -0.790. The minimum Gasteiger partial charge on any atom is -0.504 e. The Morgan fingerprint density at radius 3 is 2.64 bits per heavy atom. The van der Waals surface area contributed by atoms with E-state index in [9.17, 15) is 9.90 Å².